The Morgan fingerprint density at radius 3 is 2.55 bits per heavy atom. The number of amides is 1. The van der Waals surface area contributed by atoms with E-state index >= 15 is 0 Å². The van der Waals surface area contributed by atoms with Gasteiger partial charge in [0.2, 0.25) is 5.56 Å². The van der Waals surface area contributed by atoms with Gasteiger partial charge in [-0.25, -0.2) is 4.79 Å². The van der Waals surface area contributed by atoms with Crippen LogP contribution in [0.2, 0.25) is 0 Å². The number of ether oxygens (including phenoxy) is 2. The number of alkyl carbamates (subject to hydrolysis) is 1. The third-order valence-corrected chi connectivity index (χ3v) is 5.68. The maximum atomic E-state index is 12.1. The Kier molecular flexibility index (Phi) is 10.2. The molecule has 38 heavy (non-hydrogen) atoms. The summed E-state index contributed by atoms with van der Waals surface area (Å²) in [5, 5.41) is 11.0. The number of rotatable bonds is 13. The molecule has 1 amide bonds. The van der Waals surface area contributed by atoms with E-state index in [2.05, 4.69) is 51.5 Å². The number of H-pyrrole nitrogens is 1. The molecular formula is C28H38N6O4. The van der Waals surface area contributed by atoms with Crippen LogP contribution in [0, 0.1) is 5.92 Å². The minimum absolute atomic E-state index is 0.0446. The highest BCUT2D eigenvalue weighted by molar-refractivity contribution is 5.70. The molecule has 10 heteroatoms. The van der Waals surface area contributed by atoms with Crippen LogP contribution in [-0.4, -0.2) is 58.4 Å². The van der Waals surface area contributed by atoms with Crippen molar-refractivity contribution < 1.29 is 14.3 Å². The number of likely N-dealkylation sites (N-methyl/N-ethyl adjacent to an activating group) is 1. The van der Waals surface area contributed by atoms with E-state index in [1.165, 1.54) is 6.07 Å². The van der Waals surface area contributed by atoms with Gasteiger partial charge in [0.05, 0.1) is 18.3 Å². The lowest BCUT2D eigenvalue weighted by Crippen LogP contribution is -2.41. The molecular weight excluding hydrogens is 484 g/mol. The fraction of sp³-hybridized carbons (Fsp3) is 0.429. The van der Waals surface area contributed by atoms with Crippen molar-refractivity contribution in [2.45, 2.75) is 46.4 Å². The van der Waals surface area contributed by atoms with E-state index in [0.29, 0.717) is 31.3 Å². The standard InChI is InChI=1S/C28H38N6O4/c1-21(2)18-38-28(3,4)20-30-27(36)37-19-24-17-34(32-31-24)15-14-33(5)25-11-8-22(9-12-25)6-7-23-10-13-26(35)29-16-23/h6-13,16-17,21H,14-15,18-20H2,1-5H3,(H,29,35)(H,30,36)/b7-6+. The summed E-state index contributed by atoms with van der Waals surface area (Å²) in [5.74, 6) is 0.423. The molecule has 0 bridgehead atoms. The monoisotopic (exact) mass is 522 g/mol. The van der Waals surface area contributed by atoms with Crippen molar-refractivity contribution in [3.63, 3.8) is 0 Å². The van der Waals surface area contributed by atoms with Crippen molar-refractivity contribution in [1.82, 2.24) is 25.3 Å². The Hall–Kier alpha value is -3.92. The molecule has 0 saturated carbocycles. The van der Waals surface area contributed by atoms with Crippen molar-refractivity contribution in [3.05, 3.63) is 76.0 Å². The van der Waals surface area contributed by atoms with Crippen LogP contribution in [0.25, 0.3) is 12.2 Å². The molecule has 0 fully saturated rings. The van der Waals surface area contributed by atoms with Crippen LogP contribution in [0.1, 0.15) is 44.5 Å². The summed E-state index contributed by atoms with van der Waals surface area (Å²) in [6.07, 6.45) is 6.90. The fourth-order valence-electron chi connectivity index (χ4n) is 3.37. The number of nitrogens with one attached hydrogen (secondary N) is 2. The van der Waals surface area contributed by atoms with E-state index in [0.717, 1.165) is 23.4 Å². The van der Waals surface area contributed by atoms with Gasteiger partial charge in [-0.2, -0.15) is 0 Å². The van der Waals surface area contributed by atoms with Crippen molar-refractivity contribution in [2.75, 3.05) is 31.6 Å². The van der Waals surface area contributed by atoms with Gasteiger partial charge in [0.15, 0.2) is 0 Å². The average Bonchev–Trinajstić information content (AvgIpc) is 3.36. The molecule has 0 radical (unpaired) electrons. The molecule has 0 unspecified atom stereocenters. The molecule has 0 aliphatic carbocycles. The Morgan fingerprint density at radius 2 is 1.87 bits per heavy atom. The summed E-state index contributed by atoms with van der Waals surface area (Å²) < 4.78 is 12.8. The number of aromatic amines is 1. The lowest BCUT2D eigenvalue weighted by molar-refractivity contribution is -0.0291. The minimum Gasteiger partial charge on any atom is -0.443 e. The van der Waals surface area contributed by atoms with E-state index in [-0.39, 0.29) is 12.2 Å². The zero-order valence-corrected chi connectivity index (χ0v) is 22.8. The van der Waals surface area contributed by atoms with E-state index < -0.39 is 11.7 Å². The Bertz CT molecular complexity index is 1230. The van der Waals surface area contributed by atoms with Gasteiger partial charge in [-0.1, -0.05) is 43.3 Å². The van der Waals surface area contributed by atoms with Gasteiger partial charge in [0.25, 0.3) is 0 Å². The van der Waals surface area contributed by atoms with Crippen molar-refractivity contribution in [1.29, 1.82) is 0 Å². The number of hydrogen-bond donors (Lipinski definition) is 2. The van der Waals surface area contributed by atoms with Crippen LogP contribution in [0.4, 0.5) is 10.5 Å². The van der Waals surface area contributed by atoms with Gasteiger partial charge < -0.3 is 24.7 Å². The Labute approximate surface area is 223 Å². The summed E-state index contributed by atoms with van der Waals surface area (Å²) in [4.78, 5) is 28.0. The number of hydrogen-bond acceptors (Lipinski definition) is 7. The molecule has 3 aromatic rings. The summed E-state index contributed by atoms with van der Waals surface area (Å²) in [6, 6.07) is 11.5. The second-order valence-electron chi connectivity index (χ2n) is 10.2. The van der Waals surface area contributed by atoms with Gasteiger partial charge in [-0.3, -0.25) is 9.48 Å². The van der Waals surface area contributed by atoms with Gasteiger partial charge in [0.1, 0.15) is 12.3 Å². The van der Waals surface area contributed by atoms with Gasteiger partial charge >= 0.3 is 6.09 Å². The first-order valence-corrected chi connectivity index (χ1v) is 12.7. The lowest BCUT2D eigenvalue weighted by atomic mass is 10.1. The second-order valence-corrected chi connectivity index (χ2v) is 10.2. The Balaban J connectivity index is 1.40. The van der Waals surface area contributed by atoms with Crippen molar-refractivity contribution in [3.8, 4) is 0 Å². The molecule has 1 aromatic carbocycles. The SMILES string of the molecule is CC(C)COC(C)(C)CNC(=O)OCc1cn(CCN(C)c2ccc(/C=C/c3ccc(=O)[nH]c3)cc2)nn1. The summed E-state index contributed by atoms with van der Waals surface area (Å²) in [7, 11) is 2.02. The van der Waals surface area contributed by atoms with Gasteiger partial charge in [-0.15, -0.1) is 5.10 Å². The number of anilines is 1. The first-order valence-electron chi connectivity index (χ1n) is 12.7. The Morgan fingerprint density at radius 1 is 1.16 bits per heavy atom. The van der Waals surface area contributed by atoms with Crippen LogP contribution in [-0.2, 0) is 22.6 Å². The molecule has 10 nitrogen and oxygen atoms in total. The number of aromatic nitrogens is 4. The van der Waals surface area contributed by atoms with Gasteiger partial charge in [0, 0.05) is 44.7 Å². The maximum Gasteiger partial charge on any atom is 0.407 e. The third-order valence-electron chi connectivity index (χ3n) is 5.68. The first-order chi connectivity index (χ1) is 18.1. The molecule has 2 N–H and O–H groups in total. The number of pyridine rings is 1. The predicted molar refractivity (Wildman–Crippen MR) is 149 cm³/mol. The largest absolute Gasteiger partial charge is 0.443 e. The fourth-order valence-corrected chi connectivity index (χ4v) is 3.37. The molecule has 0 atom stereocenters. The second kappa shape index (κ2) is 13.6. The van der Waals surface area contributed by atoms with Crippen LogP contribution >= 0.6 is 0 Å². The molecule has 0 aliphatic heterocycles. The van der Waals surface area contributed by atoms with Crippen LogP contribution in [0.3, 0.4) is 0 Å². The van der Waals surface area contributed by atoms with Crippen LogP contribution in [0.15, 0.2) is 53.6 Å². The quantitative estimate of drug-likeness (QED) is 0.349. The normalized spacial score (nSPS) is 11.7. The third kappa shape index (κ3) is 9.85. The molecule has 204 valence electrons. The maximum absolute atomic E-state index is 12.1. The number of nitrogens with zero attached hydrogens (tertiary/aromatic N) is 4. The molecule has 0 saturated heterocycles. The van der Waals surface area contributed by atoms with E-state index in [4.69, 9.17) is 9.47 Å². The zero-order valence-electron chi connectivity index (χ0n) is 22.8. The topological polar surface area (TPSA) is 114 Å². The van der Waals surface area contributed by atoms with Crippen molar-refractivity contribution in [2.24, 2.45) is 5.92 Å². The lowest BCUT2D eigenvalue weighted by Gasteiger charge is -2.26. The molecule has 2 heterocycles. The smallest absolute Gasteiger partial charge is 0.407 e. The highest BCUT2D eigenvalue weighted by Gasteiger charge is 2.20. The highest BCUT2D eigenvalue weighted by Crippen LogP contribution is 2.16. The molecule has 2 aromatic heterocycles. The summed E-state index contributed by atoms with van der Waals surface area (Å²) in [6.45, 7) is 10.4. The summed E-state index contributed by atoms with van der Waals surface area (Å²) in [5.41, 5.74) is 3.06. The number of carbonyl (C=O) groups is 1. The molecule has 0 spiro atoms. The van der Waals surface area contributed by atoms with Gasteiger partial charge in [-0.05, 0) is 49.1 Å². The van der Waals surface area contributed by atoms with E-state index in [1.807, 2.05) is 45.2 Å². The van der Waals surface area contributed by atoms with Crippen molar-refractivity contribution >= 4 is 23.9 Å². The van der Waals surface area contributed by atoms with Crippen LogP contribution in [0.5, 0.6) is 0 Å². The first kappa shape index (κ1) is 28.6. The van der Waals surface area contributed by atoms with E-state index in [1.54, 1.807) is 23.1 Å². The minimum atomic E-state index is -0.516. The number of benzene rings is 1. The molecule has 3 rings (SSSR count). The highest BCUT2D eigenvalue weighted by atomic mass is 16.5. The predicted octanol–water partition coefficient (Wildman–Crippen LogP) is 3.95. The zero-order chi connectivity index (χ0) is 27.5. The summed E-state index contributed by atoms with van der Waals surface area (Å²) >= 11 is 0. The van der Waals surface area contributed by atoms with E-state index in [9.17, 15) is 9.59 Å². The number of carbonyl (C=O) groups excluding carboxylic acids is 1. The average molecular weight is 523 g/mol. The van der Waals surface area contributed by atoms with Crippen LogP contribution < -0.4 is 15.8 Å². The molecule has 0 aliphatic rings.